The maximum absolute atomic E-state index is 12.0. The van der Waals surface area contributed by atoms with E-state index in [0.29, 0.717) is 17.2 Å². The Bertz CT molecular complexity index is 1050. The van der Waals surface area contributed by atoms with Crippen LogP contribution in [0.3, 0.4) is 0 Å². The number of aryl methyl sites for hydroxylation is 2. The fraction of sp³-hybridized carbons (Fsp3) is 0.280. The molecule has 0 unspecified atom stereocenters. The van der Waals surface area contributed by atoms with Crippen molar-refractivity contribution in [1.82, 2.24) is 4.98 Å². The Hall–Kier alpha value is -3.34. The summed E-state index contributed by atoms with van der Waals surface area (Å²) in [6.45, 7) is 2.79. The maximum Gasteiger partial charge on any atom is 0.340 e. The van der Waals surface area contributed by atoms with Crippen LogP contribution in [0.25, 0.3) is 0 Å². The minimum Gasteiger partial charge on any atom is -0.465 e. The fourth-order valence-electron chi connectivity index (χ4n) is 4.02. The number of hydrogen-bond acceptors (Lipinski definition) is 5. The zero-order chi connectivity index (χ0) is 20.9. The summed E-state index contributed by atoms with van der Waals surface area (Å²) in [5.41, 5.74) is 5.00. The lowest BCUT2D eigenvalue weighted by Crippen LogP contribution is -2.19. The monoisotopic (exact) mass is 402 g/mol. The summed E-state index contributed by atoms with van der Waals surface area (Å²) >= 11 is 0. The molecule has 30 heavy (non-hydrogen) atoms. The van der Waals surface area contributed by atoms with Crippen molar-refractivity contribution >= 4 is 11.7 Å². The normalized spacial score (nSPS) is 15.2. The summed E-state index contributed by atoms with van der Waals surface area (Å²) in [5, 5.41) is 3.41. The topological polar surface area (TPSA) is 60.5 Å². The van der Waals surface area contributed by atoms with Crippen LogP contribution in [0.15, 0.2) is 60.9 Å². The van der Waals surface area contributed by atoms with Gasteiger partial charge in [-0.2, -0.15) is 0 Å². The highest BCUT2D eigenvalue weighted by molar-refractivity contribution is 5.95. The zero-order valence-corrected chi connectivity index (χ0v) is 17.4. The van der Waals surface area contributed by atoms with Crippen LogP contribution in [0, 0.1) is 6.92 Å². The van der Waals surface area contributed by atoms with E-state index in [2.05, 4.69) is 35.4 Å². The molecule has 1 aliphatic rings. The second-order valence-electron chi connectivity index (χ2n) is 7.61. The molecule has 0 fully saturated rings. The Morgan fingerprint density at radius 3 is 2.90 bits per heavy atom. The van der Waals surface area contributed by atoms with E-state index in [9.17, 15) is 4.79 Å². The first-order valence-electron chi connectivity index (χ1n) is 10.3. The number of para-hydroxylation sites is 1. The van der Waals surface area contributed by atoms with Crippen LogP contribution in [0.5, 0.6) is 11.5 Å². The molecule has 5 heteroatoms. The number of carbonyl (C=O) groups is 1. The first-order chi connectivity index (χ1) is 14.7. The van der Waals surface area contributed by atoms with Crippen LogP contribution in [0.1, 0.15) is 45.8 Å². The van der Waals surface area contributed by atoms with Crippen molar-refractivity contribution in [2.24, 2.45) is 0 Å². The first-order valence-corrected chi connectivity index (χ1v) is 10.3. The fourth-order valence-corrected chi connectivity index (χ4v) is 4.02. The number of esters is 1. The summed E-state index contributed by atoms with van der Waals surface area (Å²) in [5.74, 6) is 1.77. The number of nitrogens with zero attached hydrogens (tertiary/aromatic N) is 1. The SMILES string of the molecule is COC(=O)c1ccncc1NC[C@@H]1CCCc2cc(Oc3ccccc3C)ccc21. The lowest BCUT2D eigenvalue weighted by Gasteiger charge is -2.27. The van der Waals surface area contributed by atoms with Crippen LogP contribution >= 0.6 is 0 Å². The molecule has 0 saturated heterocycles. The third kappa shape index (κ3) is 4.30. The molecule has 3 aromatic rings. The highest BCUT2D eigenvalue weighted by atomic mass is 16.5. The minimum absolute atomic E-state index is 0.359. The van der Waals surface area contributed by atoms with Gasteiger partial charge in [-0.1, -0.05) is 24.3 Å². The molecule has 154 valence electrons. The second kappa shape index (κ2) is 8.99. The number of fused-ring (bicyclic) bond motifs is 1. The summed E-state index contributed by atoms with van der Waals surface area (Å²) in [6, 6.07) is 16.1. The maximum atomic E-state index is 12.0. The van der Waals surface area contributed by atoms with Gasteiger partial charge in [0.05, 0.1) is 24.6 Å². The zero-order valence-electron chi connectivity index (χ0n) is 17.4. The largest absolute Gasteiger partial charge is 0.465 e. The summed E-state index contributed by atoms with van der Waals surface area (Å²) < 4.78 is 11.0. The molecule has 4 rings (SSSR count). The minimum atomic E-state index is -0.359. The quantitative estimate of drug-likeness (QED) is 0.552. The number of anilines is 1. The highest BCUT2D eigenvalue weighted by Crippen LogP contribution is 2.35. The average molecular weight is 402 g/mol. The van der Waals surface area contributed by atoms with Gasteiger partial charge >= 0.3 is 5.97 Å². The summed E-state index contributed by atoms with van der Waals surface area (Å²) in [6.07, 6.45) is 6.56. The van der Waals surface area contributed by atoms with E-state index in [4.69, 9.17) is 9.47 Å². The Morgan fingerprint density at radius 2 is 2.07 bits per heavy atom. The van der Waals surface area contributed by atoms with Gasteiger partial charge in [-0.25, -0.2) is 4.79 Å². The van der Waals surface area contributed by atoms with E-state index in [0.717, 1.165) is 42.9 Å². The third-order valence-corrected chi connectivity index (χ3v) is 5.64. The van der Waals surface area contributed by atoms with E-state index >= 15 is 0 Å². The number of ether oxygens (including phenoxy) is 2. The van der Waals surface area contributed by atoms with Crippen LogP contribution in [0.2, 0.25) is 0 Å². The van der Waals surface area contributed by atoms with E-state index in [1.54, 1.807) is 18.5 Å². The average Bonchev–Trinajstić information content (AvgIpc) is 2.78. The second-order valence-corrected chi connectivity index (χ2v) is 7.61. The van der Waals surface area contributed by atoms with Crippen LogP contribution in [-0.4, -0.2) is 24.6 Å². The Morgan fingerprint density at radius 1 is 1.20 bits per heavy atom. The molecule has 2 aromatic carbocycles. The standard InChI is InChI=1S/C25H26N2O3/c1-17-6-3-4-9-24(17)30-20-10-11-21-18(14-20)7-5-8-19(21)15-27-23-16-26-13-12-22(23)25(28)29-2/h3-4,6,9-14,16,19,27H,5,7-8,15H2,1-2H3/t19-/m0/s1. The van der Waals surface area contributed by atoms with Crippen molar-refractivity contribution in [2.75, 3.05) is 19.0 Å². The lowest BCUT2D eigenvalue weighted by atomic mass is 9.82. The molecular weight excluding hydrogens is 376 g/mol. The van der Waals surface area contributed by atoms with Crippen LogP contribution in [0.4, 0.5) is 5.69 Å². The number of nitrogens with one attached hydrogen (secondary N) is 1. The van der Waals surface area contributed by atoms with Gasteiger partial charge in [-0.15, -0.1) is 0 Å². The predicted octanol–water partition coefficient (Wildman–Crippen LogP) is 5.50. The van der Waals surface area contributed by atoms with Crippen molar-refractivity contribution in [3.05, 3.63) is 83.2 Å². The molecule has 0 bridgehead atoms. The van der Waals surface area contributed by atoms with Gasteiger partial charge in [0, 0.05) is 18.7 Å². The summed E-state index contributed by atoms with van der Waals surface area (Å²) in [4.78, 5) is 16.1. The first kappa shape index (κ1) is 20.0. The molecule has 1 N–H and O–H groups in total. The van der Waals surface area contributed by atoms with E-state index in [1.807, 2.05) is 24.3 Å². The van der Waals surface area contributed by atoms with E-state index in [-0.39, 0.29) is 5.97 Å². The Kier molecular flexibility index (Phi) is 5.98. The van der Waals surface area contributed by atoms with Crippen molar-refractivity contribution in [3.63, 3.8) is 0 Å². The van der Waals surface area contributed by atoms with Crippen molar-refractivity contribution < 1.29 is 14.3 Å². The molecule has 1 atom stereocenters. The van der Waals surface area contributed by atoms with Crippen molar-refractivity contribution in [2.45, 2.75) is 32.1 Å². The van der Waals surface area contributed by atoms with Crippen LogP contribution in [-0.2, 0) is 11.2 Å². The van der Waals surface area contributed by atoms with Gasteiger partial charge in [0.2, 0.25) is 0 Å². The molecule has 0 radical (unpaired) electrons. The molecule has 0 saturated carbocycles. The summed E-state index contributed by atoms with van der Waals surface area (Å²) in [7, 11) is 1.39. The Balaban J connectivity index is 1.50. The third-order valence-electron chi connectivity index (χ3n) is 5.64. The number of carbonyl (C=O) groups excluding carboxylic acids is 1. The van der Waals surface area contributed by atoms with Gasteiger partial charge in [-0.3, -0.25) is 4.98 Å². The molecule has 0 aliphatic heterocycles. The predicted molar refractivity (Wildman–Crippen MR) is 117 cm³/mol. The van der Waals surface area contributed by atoms with E-state index in [1.165, 1.54) is 18.2 Å². The number of rotatable bonds is 6. The number of pyridine rings is 1. The van der Waals surface area contributed by atoms with Crippen LogP contribution < -0.4 is 10.1 Å². The molecule has 0 amide bonds. The molecule has 1 aliphatic carbocycles. The molecular formula is C25H26N2O3. The number of hydrogen-bond donors (Lipinski definition) is 1. The van der Waals surface area contributed by atoms with Gasteiger partial charge < -0.3 is 14.8 Å². The van der Waals surface area contributed by atoms with Gasteiger partial charge in [0.1, 0.15) is 11.5 Å². The van der Waals surface area contributed by atoms with Gasteiger partial charge in [0.25, 0.3) is 0 Å². The lowest BCUT2D eigenvalue weighted by molar-refractivity contribution is 0.0601. The highest BCUT2D eigenvalue weighted by Gasteiger charge is 2.22. The number of aromatic nitrogens is 1. The number of methoxy groups -OCH3 is 1. The number of benzene rings is 2. The molecule has 1 heterocycles. The molecule has 0 spiro atoms. The smallest absolute Gasteiger partial charge is 0.340 e. The van der Waals surface area contributed by atoms with Crippen molar-refractivity contribution in [3.8, 4) is 11.5 Å². The molecule has 1 aromatic heterocycles. The Labute approximate surface area is 177 Å². The van der Waals surface area contributed by atoms with Crippen molar-refractivity contribution in [1.29, 1.82) is 0 Å². The van der Waals surface area contributed by atoms with E-state index < -0.39 is 0 Å². The van der Waals surface area contributed by atoms with Gasteiger partial charge in [0.15, 0.2) is 0 Å². The van der Waals surface area contributed by atoms with Gasteiger partial charge in [-0.05, 0) is 67.1 Å². The molecule has 5 nitrogen and oxygen atoms in total.